The Morgan fingerprint density at radius 3 is 2.43 bits per heavy atom. The Labute approximate surface area is 187 Å². The molecule has 1 saturated heterocycles. The lowest BCUT2D eigenvalue weighted by molar-refractivity contribution is 0.0730. The molecule has 1 N–H and O–H groups in total. The van der Waals surface area contributed by atoms with E-state index in [0.717, 1.165) is 16.7 Å². The summed E-state index contributed by atoms with van der Waals surface area (Å²) in [5.74, 6) is -0.469. The van der Waals surface area contributed by atoms with Crippen LogP contribution in [0.3, 0.4) is 0 Å². The number of sulfonamides is 1. The van der Waals surface area contributed by atoms with Gasteiger partial charge in [0, 0.05) is 13.1 Å². The van der Waals surface area contributed by atoms with Crippen LogP contribution >= 0.6 is 23.2 Å². The van der Waals surface area contributed by atoms with E-state index < -0.39 is 15.9 Å². The fraction of sp³-hybridized carbons (Fsp3) is 0.381. The van der Waals surface area contributed by atoms with Crippen LogP contribution in [0, 0.1) is 13.8 Å². The molecule has 1 atom stereocenters. The van der Waals surface area contributed by atoms with Gasteiger partial charge in [0.05, 0.1) is 34.9 Å². The van der Waals surface area contributed by atoms with E-state index in [1.165, 1.54) is 16.4 Å². The molecule has 1 unspecified atom stereocenters. The molecule has 3 rings (SSSR count). The van der Waals surface area contributed by atoms with E-state index in [2.05, 4.69) is 5.32 Å². The van der Waals surface area contributed by atoms with Gasteiger partial charge in [0.15, 0.2) is 0 Å². The van der Waals surface area contributed by atoms with Crippen LogP contribution in [0.5, 0.6) is 0 Å². The van der Waals surface area contributed by atoms with Gasteiger partial charge in [-0.1, -0.05) is 47.0 Å². The first kappa shape index (κ1) is 23.0. The first-order valence-electron chi connectivity index (χ1n) is 9.56. The Kier molecular flexibility index (Phi) is 7.09. The molecule has 1 heterocycles. The van der Waals surface area contributed by atoms with Crippen molar-refractivity contribution in [3.8, 4) is 0 Å². The molecule has 1 fully saturated rings. The maximum Gasteiger partial charge on any atom is 0.253 e. The monoisotopic (exact) mass is 470 g/mol. The Bertz CT molecular complexity index is 1070. The summed E-state index contributed by atoms with van der Waals surface area (Å²) in [6.07, 6.45) is 0. The number of amides is 1. The fourth-order valence-corrected chi connectivity index (χ4v) is 5.65. The second kappa shape index (κ2) is 9.24. The lowest BCUT2D eigenvalue weighted by Gasteiger charge is -2.26. The van der Waals surface area contributed by atoms with Gasteiger partial charge in [-0.2, -0.15) is 4.31 Å². The van der Waals surface area contributed by atoms with E-state index in [0.29, 0.717) is 13.2 Å². The van der Waals surface area contributed by atoms with Gasteiger partial charge in [-0.05, 0) is 44.0 Å². The van der Waals surface area contributed by atoms with Gasteiger partial charge in [0.25, 0.3) is 5.91 Å². The summed E-state index contributed by atoms with van der Waals surface area (Å²) in [6, 6.07) is 8.28. The van der Waals surface area contributed by atoms with Crippen molar-refractivity contribution in [3.63, 3.8) is 0 Å². The summed E-state index contributed by atoms with van der Waals surface area (Å²) >= 11 is 12.4. The van der Waals surface area contributed by atoms with Gasteiger partial charge in [-0.25, -0.2) is 8.42 Å². The molecule has 0 bridgehead atoms. The van der Waals surface area contributed by atoms with Crippen molar-refractivity contribution in [2.75, 3.05) is 26.3 Å². The largest absolute Gasteiger partial charge is 0.379 e. The first-order valence-corrected chi connectivity index (χ1v) is 11.8. The lowest BCUT2D eigenvalue weighted by Crippen LogP contribution is -2.40. The molecule has 0 spiro atoms. The minimum Gasteiger partial charge on any atom is -0.379 e. The number of aryl methyl sites for hydroxylation is 2. The van der Waals surface area contributed by atoms with E-state index in [4.69, 9.17) is 27.9 Å². The summed E-state index contributed by atoms with van der Waals surface area (Å²) < 4.78 is 32.6. The zero-order chi connectivity index (χ0) is 22.1. The number of carbonyl (C=O) groups is 1. The maximum atomic E-state index is 13.0. The molecule has 0 saturated carbocycles. The van der Waals surface area contributed by atoms with Gasteiger partial charge >= 0.3 is 0 Å². The molecule has 6 nitrogen and oxygen atoms in total. The first-order chi connectivity index (χ1) is 14.1. The van der Waals surface area contributed by atoms with Crippen LogP contribution in [0.1, 0.15) is 40.0 Å². The second-order valence-electron chi connectivity index (χ2n) is 7.33. The molecule has 0 aliphatic carbocycles. The summed E-state index contributed by atoms with van der Waals surface area (Å²) in [5.41, 5.74) is 3.17. The van der Waals surface area contributed by atoms with Crippen LogP contribution in [0.25, 0.3) is 0 Å². The molecular weight excluding hydrogens is 447 g/mol. The molecule has 30 heavy (non-hydrogen) atoms. The van der Waals surface area contributed by atoms with Crippen LogP contribution < -0.4 is 5.32 Å². The normalized spacial score (nSPS) is 16.3. The summed E-state index contributed by atoms with van der Waals surface area (Å²) in [4.78, 5) is 12.8. The predicted molar refractivity (Wildman–Crippen MR) is 118 cm³/mol. The molecule has 0 aromatic heterocycles. The van der Waals surface area contributed by atoms with Gasteiger partial charge < -0.3 is 10.1 Å². The van der Waals surface area contributed by atoms with Crippen LogP contribution in [-0.2, 0) is 14.8 Å². The minimum atomic E-state index is -3.88. The highest BCUT2D eigenvalue weighted by molar-refractivity contribution is 7.89. The van der Waals surface area contributed by atoms with Gasteiger partial charge in [0.1, 0.15) is 4.90 Å². The minimum absolute atomic E-state index is 0.0226. The van der Waals surface area contributed by atoms with Crippen LogP contribution in [0.4, 0.5) is 0 Å². The quantitative estimate of drug-likeness (QED) is 0.712. The van der Waals surface area contributed by atoms with Crippen molar-refractivity contribution in [3.05, 3.63) is 62.6 Å². The molecule has 1 aliphatic rings. The average Bonchev–Trinajstić information content (AvgIpc) is 2.70. The highest BCUT2D eigenvalue weighted by atomic mass is 35.5. The number of halogens is 2. The molecule has 0 radical (unpaired) electrons. The molecule has 1 amide bonds. The van der Waals surface area contributed by atoms with Gasteiger partial charge in [-0.3, -0.25) is 4.79 Å². The third-order valence-electron chi connectivity index (χ3n) is 5.10. The molecule has 1 aliphatic heterocycles. The van der Waals surface area contributed by atoms with Crippen LogP contribution in [-0.4, -0.2) is 44.9 Å². The number of morpholine rings is 1. The van der Waals surface area contributed by atoms with Gasteiger partial charge in [0.2, 0.25) is 10.0 Å². The SMILES string of the molecule is Cc1ccc(C)c(C(C)NC(=O)c2cc(S(=O)(=O)N3CCOCC3)c(Cl)cc2Cl)c1. The third kappa shape index (κ3) is 4.81. The summed E-state index contributed by atoms with van der Waals surface area (Å²) in [6.45, 7) is 6.90. The zero-order valence-electron chi connectivity index (χ0n) is 17.0. The standard InChI is InChI=1S/C21H24Cl2N2O4S/c1-13-4-5-14(2)16(10-13)15(3)24-21(26)17-11-20(19(23)12-18(17)22)30(27,28)25-6-8-29-9-7-25/h4-5,10-12,15H,6-9H2,1-3H3,(H,24,26). The highest BCUT2D eigenvalue weighted by Gasteiger charge is 2.30. The predicted octanol–water partition coefficient (Wildman–Crippen LogP) is 4.12. The van der Waals surface area contributed by atoms with E-state index in [1.54, 1.807) is 0 Å². The van der Waals surface area contributed by atoms with Crippen molar-refractivity contribution >= 4 is 39.1 Å². The molecule has 2 aromatic rings. The lowest BCUT2D eigenvalue weighted by atomic mass is 9.99. The summed E-state index contributed by atoms with van der Waals surface area (Å²) in [5, 5.41) is 2.97. The number of ether oxygens (including phenoxy) is 1. The molecule has 9 heteroatoms. The van der Waals surface area contributed by atoms with E-state index in [1.807, 2.05) is 39.0 Å². The number of carbonyl (C=O) groups excluding carboxylic acids is 1. The smallest absolute Gasteiger partial charge is 0.253 e. The van der Waals surface area contributed by atoms with Crippen LogP contribution in [0.15, 0.2) is 35.2 Å². The van der Waals surface area contributed by atoms with E-state index in [-0.39, 0.29) is 39.6 Å². The number of nitrogens with zero attached hydrogens (tertiary/aromatic N) is 1. The van der Waals surface area contributed by atoms with E-state index in [9.17, 15) is 13.2 Å². The third-order valence-corrected chi connectivity index (χ3v) is 7.78. The summed E-state index contributed by atoms with van der Waals surface area (Å²) in [7, 11) is -3.88. The zero-order valence-corrected chi connectivity index (χ0v) is 19.4. The van der Waals surface area contributed by atoms with Crippen molar-refractivity contribution < 1.29 is 17.9 Å². The molecule has 2 aromatic carbocycles. The molecule has 162 valence electrons. The number of nitrogens with one attached hydrogen (secondary N) is 1. The molecular formula is C21H24Cl2N2O4S. The maximum absolute atomic E-state index is 13.0. The Morgan fingerprint density at radius 2 is 1.77 bits per heavy atom. The highest BCUT2D eigenvalue weighted by Crippen LogP contribution is 2.31. The number of benzene rings is 2. The second-order valence-corrected chi connectivity index (χ2v) is 10.1. The van der Waals surface area contributed by atoms with Crippen molar-refractivity contribution in [1.82, 2.24) is 9.62 Å². The number of hydrogen-bond donors (Lipinski definition) is 1. The Balaban J connectivity index is 1.91. The van der Waals surface area contributed by atoms with Gasteiger partial charge in [-0.15, -0.1) is 0 Å². The number of rotatable bonds is 5. The Morgan fingerprint density at radius 1 is 1.10 bits per heavy atom. The Hall–Kier alpha value is -1.64. The topological polar surface area (TPSA) is 75.7 Å². The average molecular weight is 471 g/mol. The fourth-order valence-electron chi connectivity index (χ4n) is 3.41. The van der Waals surface area contributed by atoms with Crippen LogP contribution in [0.2, 0.25) is 10.0 Å². The number of hydrogen-bond acceptors (Lipinski definition) is 4. The van der Waals surface area contributed by atoms with E-state index >= 15 is 0 Å². The van der Waals surface area contributed by atoms with Crippen molar-refractivity contribution in [1.29, 1.82) is 0 Å². The van der Waals surface area contributed by atoms with Crippen molar-refractivity contribution in [2.45, 2.75) is 31.7 Å². The van der Waals surface area contributed by atoms with Crippen molar-refractivity contribution in [2.24, 2.45) is 0 Å².